The van der Waals surface area contributed by atoms with E-state index >= 15 is 0 Å². The second-order valence-electron chi connectivity index (χ2n) is 4.57. The van der Waals surface area contributed by atoms with Crippen molar-refractivity contribution in [2.75, 3.05) is 20.3 Å². The van der Waals surface area contributed by atoms with Crippen molar-refractivity contribution >= 4 is 5.97 Å². The average molecular weight is 250 g/mol. The van der Waals surface area contributed by atoms with Crippen LogP contribution >= 0.6 is 0 Å². The van der Waals surface area contributed by atoms with Gasteiger partial charge in [0.15, 0.2) is 5.69 Å². The number of hydrogen-bond acceptors (Lipinski definition) is 4. The van der Waals surface area contributed by atoms with E-state index in [1.807, 2.05) is 13.1 Å². The highest BCUT2D eigenvalue weighted by Gasteiger charge is 2.20. The van der Waals surface area contributed by atoms with E-state index in [4.69, 9.17) is 9.84 Å². The summed E-state index contributed by atoms with van der Waals surface area (Å²) in [6.45, 7) is 2.18. The minimum atomic E-state index is -0.967. The number of nitrogens with zero attached hydrogens (tertiary/aromatic N) is 2. The van der Waals surface area contributed by atoms with Gasteiger partial charge in [-0.05, 0) is 31.5 Å². The molecule has 1 aromatic rings. The maximum absolute atomic E-state index is 11.1. The molecule has 0 atom stereocenters. The summed E-state index contributed by atoms with van der Waals surface area (Å²) in [6.07, 6.45) is 3.51. The maximum atomic E-state index is 11.1. The number of rotatable bonds is 4. The number of carboxylic acids is 1. The molecule has 5 heteroatoms. The Labute approximate surface area is 106 Å². The molecule has 2 heterocycles. The number of pyridine rings is 1. The molecule has 0 aliphatic carbocycles. The van der Waals surface area contributed by atoms with Crippen molar-refractivity contribution in [1.82, 2.24) is 9.88 Å². The molecule has 0 aromatic carbocycles. The van der Waals surface area contributed by atoms with Crippen LogP contribution in [0.25, 0.3) is 0 Å². The monoisotopic (exact) mass is 250 g/mol. The van der Waals surface area contributed by atoms with E-state index in [9.17, 15) is 4.79 Å². The lowest BCUT2D eigenvalue weighted by Crippen LogP contribution is -2.36. The molecule has 1 aliphatic rings. The van der Waals surface area contributed by atoms with Crippen LogP contribution in [0.1, 0.15) is 28.9 Å². The number of hydrogen-bond donors (Lipinski definition) is 1. The predicted octanol–water partition coefficient (Wildman–Crippen LogP) is 1.39. The van der Waals surface area contributed by atoms with Crippen molar-refractivity contribution in [2.45, 2.75) is 25.4 Å². The van der Waals surface area contributed by atoms with Crippen molar-refractivity contribution in [2.24, 2.45) is 0 Å². The van der Waals surface area contributed by atoms with Gasteiger partial charge in [0, 0.05) is 32.0 Å². The summed E-state index contributed by atoms with van der Waals surface area (Å²) in [5, 5.41) is 9.09. The highest BCUT2D eigenvalue weighted by atomic mass is 16.5. The SMILES string of the molecule is CN(Cc1cccnc1C(=O)O)C1CCOCC1. The highest BCUT2D eigenvalue weighted by molar-refractivity contribution is 5.86. The number of aromatic nitrogens is 1. The molecule has 0 saturated carbocycles. The molecular weight excluding hydrogens is 232 g/mol. The quantitative estimate of drug-likeness (QED) is 0.875. The van der Waals surface area contributed by atoms with Crippen molar-refractivity contribution in [1.29, 1.82) is 0 Å². The van der Waals surface area contributed by atoms with E-state index in [-0.39, 0.29) is 5.69 Å². The fourth-order valence-electron chi connectivity index (χ4n) is 2.28. The fourth-order valence-corrected chi connectivity index (χ4v) is 2.28. The molecule has 0 radical (unpaired) electrons. The first-order valence-corrected chi connectivity index (χ1v) is 6.13. The molecular formula is C13H18N2O3. The normalized spacial score (nSPS) is 17.0. The third-order valence-electron chi connectivity index (χ3n) is 3.33. The zero-order chi connectivity index (χ0) is 13.0. The van der Waals surface area contributed by atoms with Crippen molar-refractivity contribution < 1.29 is 14.6 Å². The Morgan fingerprint density at radius 3 is 2.94 bits per heavy atom. The summed E-state index contributed by atoms with van der Waals surface area (Å²) < 4.78 is 5.33. The smallest absolute Gasteiger partial charge is 0.354 e. The largest absolute Gasteiger partial charge is 0.477 e. The van der Waals surface area contributed by atoms with Crippen LogP contribution in [0.4, 0.5) is 0 Å². The van der Waals surface area contributed by atoms with Crippen LogP contribution in [0.2, 0.25) is 0 Å². The minimum Gasteiger partial charge on any atom is -0.477 e. The van der Waals surface area contributed by atoms with Crippen LogP contribution in [0, 0.1) is 0 Å². The number of ether oxygens (including phenoxy) is 1. The van der Waals surface area contributed by atoms with Gasteiger partial charge in [0.05, 0.1) is 0 Å². The zero-order valence-electron chi connectivity index (χ0n) is 10.5. The Morgan fingerprint density at radius 1 is 1.56 bits per heavy atom. The Hall–Kier alpha value is -1.46. The van der Waals surface area contributed by atoms with E-state index in [1.54, 1.807) is 6.07 Å². The van der Waals surface area contributed by atoms with Gasteiger partial charge in [-0.15, -0.1) is 0 Å². The molecule has 1 aromatic heterocycles. The lowest BCUT2D eigenvalue weighted by atomic mass is 10.1. The first kappa shape index (κ1) is 13.0. The van der Waals surface area contributed by atoms with Crippen LogP contribution in [-0.2, 0) is 11.3 Å². The molecule has 98 valence electrons. The minimum absolute atomic E-state index is 0.149. The first-order valence-electron chi connectivity index (χ1n) is 6.13. The summed E-state index contributed by atoms with van der Waals surface area (Å²) in [7, 11) is 2.02. The van der Waals surface area contributed by atoms with Gasteiger partial charge in [-0.3, -0.25) is 4.90 Å². The van der Waals surface area contributed by atoms with Crippen molar-refractivity contribution in [3.05, 3.63) is 29.6 Å². The van der Waals surface area contributed by atoms with Gasteiger partial charge in [0.25, 0.3) is 0 Å². The molecule has 18 heavy (non-hydrogen) atoms. The number of carbonyl (C=O) groups is 1. The van der Waals surface area contributed by atoms with Gasteiger partial charge in [-0.1, -0.05) is 6.07 Å². The predicted molar refractivity (Wildman–Crippen MR) is 66.5 cm³/mol. The summed E-state index contributed by atoms with van der Waals surface area (Å²) in [5.74, 6) is -0.967. The first-order chi connectivity index (χ1) is 8.68. The van der Waals surface area contributed by atoms with Gasteiger partial charge < -0.3 is 9.84 Å². The summed E-state index contributed by atoms with van der Waals surface area (Å²) in [5.41, 5.74) is 0.912. The maximum Gasteiger partial charge on any atom is 0.354 e. The molecule has 1 fully saturated rings. The molecule has 1 aliphatic heterocycles. The highest BCUT2D eigenvalue weighted by Crippen LogP contribution is 2.16. The second kappa shape index (κ2) is 5.93. The van der Waals surface area contributed by atoms with Gasteiger partial charge in [-0.25, -0.2) is 9.78 Å². The number of carboxylic acid groups (broad SMARTS) is 1. The Kier molecular flexibility index (Phi) is 4.28. The molecule has 5 nitrogen and oxygen atoms in total. The fraction of sp³-hybridized carbons (Fsp3) is 0.538. The Bertz CT molecular complexity index is 416. The zero-order valence-corrected chi connectivity index (χ0v) is 10.5. The van der Waals surface area contributed by atoms with Crippen molar-refractivity contribution in [3.8, 4) is 0 Å². The third-order valence-corrected chi connectivity index (χ3v) is 3.33. The Morgan fingerprint density at radius 2 is 2.28 bits per heavy atom. The van der Waals surface area contributed by atoms with Crippen LogP contribution in [0.3, 0.4) is 0 Å². The summed E-state index contributed by atoms with van der Waals surface area (Å²) in [6, 6.07) is 4.06. The second-order valence-corrected chi connectivity index (χ2v) is 4.57. The van der Waals surface area contributed by atoms with Crippen LogP contribution in [0.5, 0.6) is 0 Å². The van der Waals surface area contributed by atoms with E-state index < -0.39 is 5.97 Å². The van der Waals surface area contributed by atoms with Crippen LogP contribution in [-0.4, -0.2) is 47.3 Å². The molecule has 1 N–H and O–H groups in total. The molecule has 0 amide bonds. The van der Waals surface area contributed by atoms with E-state index in [1.165, 1.54) is 6.20 Å². The number of aromatic carboxylic acids is 1. The average Bonchev–Trinajstić information content (AvgIpc) is 2.40. The van der Waals surface area contributed by atoms with Crippen LogP contribution in [0.15, 0.2) is 18.3 Å². The third kappa shape index (κ3) is 3.05. The van der Waals surface area contributed by atoms with Crippen molar-refractivity contribution in [3.63, 3.8) is 0 Å². The molecule has 0 unspecified atom stereocenters. The Balaban J connectivity index is 2.06. The topological polar surface area (TPSA) is 62.7 Å². The molecule has 0 spiro atoms. The summed E-state index contributed by atoms with van der Waals surface area (Å²) in [4.78, 5) is 17.2. The van der Waals surface area contributed by atoms with Gasteiger partial charge in [0.2, 0.25) is 0 Å². The lowest BCUT2D eigenvalue weighted by molar-refractivity contribution is 0.0403. The van der Waals surface area contributed by atoms with E-state index in [2.05, 4.69) is 9.88 Å². The summed E-state index contributed by atoms with van der Waals surface area (Å²) >= 11 is 0. The lowest BCUT2D eigenvalue weighted by Gasteiger charge is -2.31. The molecule has 1 saturated heterocycles. The van der Waals surface area contributed by atoms with Gasteiger partial charge in [0.1, 0.15) is 0 Å². The van der Waals surface area contributed by atoms with E-state index in [0.717, 1.165) is 31.6 Å². The van der Waals surface area contributed by atoms with Crippen LogP contribution < -0.4 is 0 Å². The van der Waals surface area contributed by atoms with Gasteiger partial charge in [-0.2, -0.15) is 0 Å². The van der Waals surface area contributed by atoms with Gasteiger partial charge >= 0.3 is 5.97 Å². The molecule has 2 rings (SSSR count). The molecule has 0 bridgehead atoms. The standard InChI is InChI=1S/C13H18N2O3/c1-15(11-4-7-18-8-5-11)9-10-3-2-6-14-12(10)13(16)17/h2-3,6,11H,4-5,7-9H2,1H3,(H,16,17). The van der Waals surface area contributed by atoms with E-state index in [0.29, 0.717) is 12.6 Å².